The number of fused-ring (bicyclic) bond motifs is 4. The van der Waals surface area contributed by atoms with Gasteiger partial charge in [-0.2, -0.15) is 9.97 Å². The van der Waals surface area contributed by atoms with Crippen molar-refractivity contribution in [3.63, 3.8) is 0 Å². The fourth-order valence-corrected chi connectivity index (χ4v) is 13.6. The molecule has 6 N–H and O–H groups in total. The number of ether oxygens (including phenoxy) is 4. The summed E-state index contributed by atoms with van der Waals surface area (Å²) in [5.74, 6) is -3.73. The number of hydrogen-bond donors (Lipinski definition) is 4. The first kappa shape index (κ1) is 72.9. The Morgan fingerprint density at radius 3 is 1.48 bits per heavy atom. The van der Waals surface area contributed by atoms with E-state index in [-0.39, 0.29) is 143 Å². The molecule has 4 aliphatic heterocycles. The molecule has 4 aromatic heterocycles. The fraction of sp³-hybridized carbons (Fsp3) is 0.394. The number of anilines is 4. The van der Waals surface area contributed by atoms with Crippen molar-refractivity contribution in [2.75, 3.05) is 73.7 Å². The molecule has 0 saturated carbocycles. The monoisotopic (exact) mass is 1500 g/mol. The zero-order valence-electron chi connectivity index (χ0n) is 55.4. The lowest BCUT2D eigenvalue weighted by Crippen LogP contribution is -2.57. The van der Waals surface area contributed by atoms with Gasteiger partial charge in [0.2, 0.25) is 0 Å². The number of aryl methyl sites for hydroxylation is 2. The second kappa shape index (κ2) is 28.0. The lowest BCUT2D eigenvalue weighted by atomic mass is 9.79. The van der Waals surface area contributed by atoms with Gasteiger partial charge in [0.1, 0.15) is 36.1 Å². The number of carbonyl (C=O) groups excluding carboxylic acids is 2. The third kappa shape index (κ3) is 14.1. The molecule has 0 radical (unpaired) electrons. The second-order valence-electron chi connectivity index (χ2n) is 26.5. The quantitative estimate of drug-likeness (QED) is 0.0396. The van der Waals surface area contributed by atoms with Crippen molar-refractivity contribution in [2.24, 2.45) is 0 Å². The minimum absolute atomic E-state index is 0.0377. The van der Waals surface area contributed by atoms with Gasteiger partial charge >= 0.3 is 30.7 Å². The standard InChI is InChI=1S/C33H34Cl2F2N6O4.C27H33BFN5O6.C6H3BrCl2FN/c1-15(2)27-28(16(3)7-8-39-27)43-21-11-18(22-25(37)19(34)12-20(35)26(22)38)24(36)29-23(21)30(40-31(43)44)42-10-9-41(13-17(42)14-46-29)32(45)47-33(4,5)6;1-14(2)21-22(15(3)7-8-30-21)34-18-11-17(28(37)38)20(29)23-19(18)24(31-25(34)35)33-10-9-32(12-16(33)13-39-23)26(36)40-27(4,5)6;7-4-5(10)2(8)1-3(9)6(4)11/h7-8,11-12,15,17H,9-10,13-14,38H2,1-6H3;7-8,11,14,16,37-38H,9-10,12-13H2,1-6H3;1H,11H2/t17-;16-;/m11./s1. The molecule has 0 bridgehead atoms. The topological polar surface area (TPSA) is 272 Å². The van der Waals surface area contributed by atoms with E-state index < -0.39 is 82.7 Å². The van der Waals surface area contributed by atoms with Crippen LogP contribution in [0.4, 0.5) is 50.2 Å². The average molecular weight is 1500 g/mol. The maximum absolute atomic E-state index is 16.8. The van der Waals surface area contributed by atoms with Gasteiger partial charge in [-0.1, -0.05) is 74.1 Å². The summed E-state index contributed by atoms with van der Waals surface area (Å²) in [6, 6.07) is 7.54. The molecule has 0 unspecified atom stereocenters. The Labute approximate surface area is 589 Å². The SMILES string of the molecule is Cc1ccnc(C(C)C)c1-n1c(=O)nc2c3c(c(F)c(-c4c(N)c(Cl)cc(Cl)c4F)cc31)OC[C@H]1CN(C(=O)OC(C)(C)C)CCN21.Cc1ccnc(C(C)C)c1-n1c(=O)nc2c3c(c(F)c(B(O)O)cc31)OC[C@H]1CN(C(=O)OC(C)(C)C)CCN21.Nc1c(Cl)cc(Cl)c(F)c1Br. The van der Waals surface area contributed by atoms with Crippen LogP contribution in [0.25, 0.3) is 44.3 Å². The van der Waals surface area contributed by atoms with Gasteiger partial charge in [-0.3, -0.25) is 19.1 Å². The smallest absolute Gasteiger partial charge is 0.487 e. The number of carbonyl (C=O) groups is 2. The predicted molar refractivity (Wildman–Crippen MR) is 375 cm³/mol. The zero-order chi connectivity index (χ0) is 71.8. The molecule has 4 aliphatic rings. The van der Waals surface area contributed by atoms with E-state index in [1.807, 2.05) is 51.3 Å². The first-order chi connectivity index (χ1) is 45.9. The Morgan fingerprint density at radius 2 is 1.05 bits per heavy atom. The summed E-state index contributed by atoms with van der Waals surface area (Å²) in [5.41, 5.74) is 11.8. The molecular weight excluding hydrogens is 1430 g/mol. The largest absolute Gasteiger partial charge is 0.491 e. The van der Waals surface area contributed by atoms with Crippen LogP contribution in [-0.2, 0) is 9.47 Å². The van der Waals surface area contributed by atoms with Crippen molar-refractivity contribution in [3.8, 4) is 34.0 Å². The van der Waals surface area contributed by atoms with Crippen LogP contribution in [0.1, 0.15) is 104 Å². The van der Waals surface area contributed by atoms with E-state index in [9.17, 15) is 33.6 Å². The van der Waals surface area contributed by atoms with E-state index in [0.717, 1.165) is 11.6 Å². The molecule has 12 rings (SSSR count). The number of hydrogen-bond acceptors (Lipinski definition) is 18. The van der Waals surface area contributed by atoms with Gasteiger partial charge in [0, 0.05) is 68.3 Å². The number of rotatable bonds is 6. The predicted octanol–water partition coefficient (Wildman–Crippen LogP) is 12.2. The summed E-state index contributed by atoms with van der Waals surface area (Å²) in [7, 11) is -2.16. The molecule has 2 amide bonds. The molecule has 2 fully saturated rings. The van der Waals surface area contributed by atoms with Gasteiger partial charge in [0.15, 0.2) is 34.8 Å². The molecule has 0 aliphatic carbocycles. The van der Waals surface area contributed by atoms with Crippen molar-refractivity contribution in [3.05, 3.63) is 140 Å². The number of piperazine rings is 2. The molecular formula is C66H70BBrCl4F4N12O10. The summed E-state index contributed by atoms with van der Waals surface area (Å²) < 4.78 is 87.3. The summed E-state index contributed by atoms with van der Waals surface area (Å²) in [5, 5.41) is 20.3. The summed E-state index contributed by atoms with van der Waals surface area (Å²) in [4.78, 5) is 78.6. The Bertz CT molecular complexity index is 4620. The molecule has 4 aromatic carbocycles. The number of aromatic nitrogens is 6. The van der Waals surface area contributed by atoms with Gasteiger partial charge in [0.05, 0.1) is 92.6 Å². The first-order valence-electron chi connectivity index (χ1n) is 31.0. The molecule has 8 aromatic rings. The Hall–Kier alpha value is -7.86. The Morgan fingerprint density at radius 1 is 0.633 bits per heavy atom. The molecule has 32 heteroatoms. The highest BCUT2D eigenvalue weighted by molar-refractivity contribution is 9.10. The maximum atomic E-state index is 16.8. The van der Waals surface area contributed by atoms with Gasteiger partial charge in [-0.15, -0.1) is 0 Å². The molecule has 2 atom stereocenters. The molecule has 520 valence electrons. The summed E-state index contributed by atoms with van der Waals surface area (Å²) in [6.45, 7) is 23.5. The van der Waals surface area contributed by atoms with Crippen LogP contribution >= 0.6 is 62.3 Å². The Balaban J connectivity index is 0.000000185. The third-order valence-electron chi connectivity index (χ3n) is 16.6. The van der Waals surface area contributed by atoms with Crippen LogP contribution in [0, 0.1) is 37.1 Å². The van der Waals surface area contributed by atoms with Gasteiger partial charge < -0.3 is 60.1 Å². The van der Waals surface area contributed by atoms with Crippen LogP contribution in [0.2, 0.25) is 20.1 Å². The van der Waals surface area contributed by atoms with Crippen LogP contribution in [-0.4, -0.2) is 144 Å². The lowest BCUT2D eigenvalue weighted by molar-refractivity contribution is 0.0191. The van der Waals surface area contributed by atoms with E-state index in [1.54, 1.807) is 75.9 Å². The number of nitrogens with zero attached hydrogens (tertiary/aromatic N) is 10. The van der Waals surface area contributed by atoms with E-state index in [2.05, 4.69) is 35.9 Å². The second-order valence-corrected chi connectivity index (χ2v) is 28.9. The molecule has 0 spiro atoms. The van der Waals surface area contributed by atoms with Crippen LogP contribution in [0.15, 0.2) is 62.9 Å². The van der Waals surface area contributed by atoms with Gasteiger partial charge in [-0.25, -0.2) is 36.7 Å². The van der Waals surface area contributed by atoms with E-state index in [0.29, 0.717) is 41.4 Å². The van der Waals surface area contributed by atoms with Crippen molar-refractivity contribution >= 4 is 132 Å². The molecule has 22 nitrogen and oxygen atoms in total. The molecule has 98 heavy (non-hydrogen) atoms. The van der Waals surface area contributed by atoms with Crippen LogP contribution in [0.5, 0.6) is 11.5 Å². The van der Waals surface area contributed by atoms with Crippen molar-refractivity contribution in [1.29, 1.82) is 0 Å². The van der Waals surface area contributed by atoms with Crippen molar-refractivity contribution < 1.29 is 56.1 Å². The highest BCUT2D eigenvalue weighted by Crippen LogP contribution is 2.48. The average Bonchev–Trinajstić information content (AvgIpc) is 1.25. The number of amides is 2. The van der Waals surface area contributed by atoms with Gasteiger partial charge in [0.25, 0.3) is 0 Å². The van der Waals surface area contributed by atoms with Gasteiger partial charge in [-0.05, 0) is 131 Å². The number of pyridine rings is 2. The minimum atomic E-state index is -2.16. The van der Waals surface area contributed by atoms with E-state index in [1.165, 1.54) is 27.3 Å². The number of nitrogens with two attached hydrogens (primary N) is 2. The van der Waals surface area contributed by atoms with E-state index in [4.69, 9.17) is 76.8 Å². The fourth-order valence-electron chi connectivity index (χ4n) is 12.1. The van der Waals surface area contributed by atoms with Crippen LogP contribution < -0.4 is 47.6 Å². The minimum Gasteiger partial charge on any atom is -0.487 e. The summed E-state index contributed by atoms with van der Waals surface area (Å²) >= 11 is 26.4. The number of benzene rings is 4. The highest BCUT2D eigenvalue weighted by Gasteiger charge is 2.42. The van der Waals surface area contributed by atoms with Crippen molar-refractivity contribution in [1.82, 2.24) is 38.9 Å². The normalized spacial score (nSPS) is 15.9. The molecule has 2 saturated heterocycles. The number of nitrogen functional groups attached to an aromatic ring is 2. The number of halogens is 9. The lowest BCUT2D eigenvalue weighted by Gasteiger charge is -2.41. The van der Waals surface area contributed by atoms with Crippen molar-refractivity contribution in [2.45, 2.75) is 118 Å². The maximum Gasteiger partial charge on any atom is 0.491 e. The highest BCUT2D eigenvalue weighted by atomic mass is 79.9. The van der Waals surface area contributed by atoms with Crippen LogP contribution in [0.3, 0.4) is 0 Å². The Kier molecular flexibility index (Phi) is 20.9. The summed E-state index contributed by atoms with van der Waals surface area (Å²) in [6.07, 6.45) is 2.32. The first-order valence-corrected chi connectivity index (χ1v) is 33.3. The zero-order valence-corrected chi connectivity index (χ0v) is 60.0. The third-order valence-corrected chi connectivity index (χ3v) is 18.5. The van der Waals surface area contributed by atoms with E-state index >= 15 is 13.2 Å². The molecule has 8 heterocycles.